The summed E-state index contributed by atoms with van der Waals surface area (Å²) < 4.78 is 5.33. The predicted octanol–water partition coefficient (Wildman–Crippen LogP) is 1.29. The average molecular weight is 318 g/mol. The minimum Gasteiger partial charge on any atom is -0.387 e. The Morgan fingerprint density at radius 3 is 2.43 bits per heavy atom. The third kappa shape index (κ3) is 4.31. The van der Waals surface area contributed by atoms with Crippen LogP contribution in [-0.4, -0.2) is 66.8 Å². The predicted molar refractivity (Wildman–Crippen MR) is 88.0 cm³/mol. The fraction of sp³-hybridized carbons (Fsp3) is 0.611. The van der Waals surface area contributed by atoms with E-state index in [2.05, 4.69) is 4.90 Å². The Morgan fingerprint density at radius 2 is 1.78 bits per heavy atom. The highest BCUT2D eigenvalue weighted by Crippen LogP contribution is 2.20. The van der Waals surface area contributed by atoms with Crippen LogP contribution in [0.1, 0.15) is 24.5 Å². The molecule has 5 heteroatoms. The van der Waals surface area contributed by atoms with Crippen LogP contribution in [0, 0.1) is 5.92 Å². The van der Waals surface area contributed by atoms with E-state index < -0.39 is 6.10 Å². The molecule has 1 aromatic carbocycles. The average Bonchev–Trinajstić information content (AvgIpc) is 2.63. The number of hydrogen-bond donors (Lipinski definition) is 1. The van der Waals surface area contributed by atoms with Crippen LogP contribution in [0.4, 0.5) is 0 Å². The van der Waals surface area contributed by atoms with Crippen LogP contribution in [0.15, 0.2) is 30.3 Å². The molecule has 126 valence electrons. The molecule has 2 heterocycles. The van der Waals surface area contributed by atoms with E-state index in [1.165, 1.54) is 0 Å². The van der Waals surface area contributed by atoms with Gasteiger partial charge in [-0.2, -0.15) is 0 Å². The molecule has 2 aliphatic rings. The quantitative estimate of drug-likeness (QED) is 0.909. The molecule has 0 aliphatic carbocycles. The van der Waals surface area contributed by atoms with Gasteiger partial charge in [0.1, 0.15) is 0 Å². The zero-order chi connectivity index (χ0) is 16.1. The maximum atomic E-state index is 12.5. The van der Waals surface area contributed by atoms with Crippen molar-refractivity contribution in [2.24, 2.45) is 5.92 Å². The summed E-state index contributed by atoms with van der Waals surface area (Å²) in [6, 6.07) is 9.76. The Bertz CT molecular complexity index is 494. The van der Waals surface area contributed by atoms with Crippen LogP contribution in [0.5, 0.6) is 0 Å². The third-order valence-corrected chi connectivity index (χ3v) is 4.87. The maximum absolute atomic E-state index is 12.5. The molecule has 1 aromatic rings. The first-order valence-corrected chi connectivity index (χ1v) is 8.56. The van der Waals surface area contributed by atoms with Gasteiger partial charge in [0.2, 0.25) is 5.91 Å². The van der Waals surface area contributed by atoms with Crippen molar-refractivity contribution in [3.05, 3.63) is 35.9 Å². The molecule has 0 saturated carbocycles. The molecule has 0 aromatic heterocycles. The van der Waals surface area contributed by atoms with Gasteiger partial charge in [-0.15, -0.1) is 0 Å². The van der Waals surface area contributed by atoms with Crippen molar-refractivity contribution in [3.8, 4) is 0 Å². The van der Waals surface area contributed by atoms with Crippen LogP contribution in [-0.2, 0) is 9.53 Å². The van der Waals surface area contributed by atoms with Gasteiger partial charge in [0.15, 0.2) is 0 Å². The topological polar surface area (TPSA) is 53.0 Å². The monoisotopic (exact) mass is 318 g/mol. The van der Waals surface area contributed by atoms with E-state index in [0.29, 0.717) is 19.8 Å². The Kier molecular flexibility index (Phi) is 5.65. The molecule has 2 fully saturated rings. The number of aliphatic hydroxyl groups is 1. The molecular weight excluding hydrogens is 292 g/mol. The number of benzene rings is 1. The van der Waals surface area contributed by atoms with Crippen molar-refractivity contribution < 1.29 is 14.6 Å². The van der Waals surface area contributed by atoms with Crippen LogP contribution in [0.2, 0.25) is 0 Å². The van der Waals surface area contributed by atoms with Crippen LogP contribution in [0.3, 0.4) is 0 Å². The molecular formula is C18H26N2O3. The number of hydrogen-bond acceptors (Lipinski definition) is 4. The van der Waals surface area contributed by atoms with E-state index >= 15 is 0 Å². The lowest BCUT2D eigenvalue weighted by Gasteiger charge is -2.37. The van der Waals surface area contributed by atoms with Crippen molar-refractivity contribution >= 4 is 5.91 Å². The number of carbonyl (C=O) groups is 1. The second-order valence-electron chi connectivity index (χ2n) is 6.44. The highest BCUT2D eigenvalue weighted by molar-refractivity contribution is 5.79. The van der Waals surface area contributed by atoms with E-state index in [9.17, 15) is 9.90 Å². The van der Waals surface area contributed by atoms with Gasteiger partial charge in [0.25, 0.3) is 0 Å². The van der Waals surface area contributed by atoms with E-state index in [1.807, 2.05) is 35.2 Å². The van der Waals surface area contributed by atoms with Gasteiger partial charge in [-0.25, -0.2) is 0 Å². The molecule has 2 saturated heterocycles. The van der Waals surface area contributed by atoms with Gasteiger partial charge < -0.3 is 14.7 Å². The van der Waals surface area contributed by atoms with Crippen molar-refractivity contribution in [1.29, 1.82) is 0 Å². The number of amides is 1. The molecule has 1 amide bonds. The normalized spacial score (nSPS) is 22.0. The van der Waals surface area contributed by atoms with E-state index in [1.54, 1.807) is 0 Å². The summed E-state index contributed by atoms with van der Waals surface area (Å²) in [5, 5.41) is 10.3. The van der Waals surface area contributed by atoms with Gasteiger partial charge in [0, 0.05) is 51.9 Å². The highest BCUT2D eigenvalue weighted by atomic mass is 16.5. The molecule has 0 spiro atoms. The summed E-state index contributed by atoms with van der Waals surface area (Å²) in [4.78, 5) is 16.7. The van der Waals surface area contributed by atoms with Gasteiger partial charge >= 0.3 is 0 Å². The molecule has 3 rings (SSSR count). The number of β-amino-alcohol motifs (C(OH)–C–C–N with tert-alkyl or cyclic N) is 1. The molecule has 0 unspecified atom stereocenters. The molecule has 1 N–H and O–H groups in total. The summed E-state index contributed by atoms with van der Waals surface area (Å²) in [5.74, 6) is 0.432. The minimum atomic E-state index is -0.464. The number of rotatable bonds is 4. The summed E-state index contributed by atoms with van der Waals surface area (Å²) in [6.07, 6.45) is 1.24. The van der Waals surface area contributed by atoms with Crippen molar-refractivity contribution in [3.63, 3.8) is 0 Å². The second kappa shape index (κ2) is 7.90. The summed E-state index contributed by atoms with van der Waals surface area (Å²) in [6.45, 7) is 5.23. The number of ether oxygens (including phenoxy) is 1. The smallest absolute Gasteiger partial charge is 0.225 e. The fourth-order valence-electron chi connectivity index (χ4n) is 3.38. The zero-order valence-corrected chi connectivity index (χ0v) is 13.6. The van der Waals surface area contributed by atoms with E-state index in [4.69, 9.17) is 4.74 Å². The molecule has 5 nitrogen and oxygen atoms in total. The van der Waals surface area contributed by atoms with Crippen LogP contribution in [0.25, 0.3) is 0 Å². The SMILES string of the molecule is O=C(C1CCOCC1)N1CCN(C[C@@H](O)c2ccccc2)CC1. The van der Waals surface area contributed by atoms with E-state index in [0.717, 1.165) is 44.6 Å². The highest BCUT2D eigenvalue weighted by Gasteiger charge is 2.29. The molecule has 0 bridgehead atoms. The standard InChI is InChI=1S/C18H26N2O3/c21-17(15-4-2-1-3-5-15)14-19-8-10-20(11-9-19)18(22)16-6-12-23-13-7-16/h1-5,16-17,21H,6-14H2/t17-/m1/s1. The fourth-order valence-corrected chi connectivity index (χ4v) is 3.38. The number of nitrogens with zero attached hydrogens (tertiary/aromatic N) is 2. The lowest BCUT2D eigenvalue weighted by molar-refractivity contribution is -0.140. The maximum Gasteiger partial charge on any atom is 0.225 e. The van der Waals surface area contributed by atoms with E-state index in [-0.39, 0.29) is 11.8 Å². The molecule has 2 aliphatic heterocycles. The van der Waals surface area contributed by atoms with Crippen LogP contribution >= 0.6 is 0 Å². The first-order chi connectivity index (χ1) is 11.2. The summed E-state index contributed by atoms with van der Waals surface area (Å²) in [7, 11) is 0. The summed E-state index contributed by atoms with van der Waals surface area (Å²) >= 11 is 0. The first-order valence-electron chi connectivity index (χ1n) is 8.56. The number of piperazine rings is 1. The molecule has 1 atom stereocenters. The lowest BCUT2D eigenvalue weighted by Crippen LogP contribution is -2.51. The summed E-state index contributed by atoms with van der Waals surface area (Å²) in [5.41, 5.74) is 0.952. The largest absolute Gasteiger partial charge is 0.387 e. The molecule has 23 heavy (non-hydrogen) atoms. The second-order valence-corrected chi connectivity index (χ2v) is 6.44. The third-order valence-electron chi connectivity index (χ3n) is 4.87. The minimum absolute atomic E-state index is 0.144. The van der Waals surface area contributed by atoms with Crippen molar-refractivity contribution in [1.82, 2.24) is 9.80 Å². The van der Waals surface area contributed by atoms with Gasteiger partial charge in [-0.1, -0.05) is 30.3 Å². The van der Waals surface area contributed by atoms with Crippen molar-refractivity contribution in [2.45, 2.75) is 18.9 Å². The number of carbonyl (C=O) groups excluding carboxylic acids is 1. The Hall–Kier alpha value is -1.43. The van der Waals surface area contributed by atoms with Crippen molar-refractivity contribution in [2.75, 3.05) is 45.9 Å². The van der Waals surface area contributed by atoms with Crippen LogP contribution < -0.4 is 0 Å². The molecule has 0 radical (unpaired) electrons. The zero-order valence-electron chi connectivity index (χ0n) is 13.6. The first kappa shape index (κ1) is 16.4. The number of aliphatic hydroxyl groups excluding tert-OH is 1. The van der Waals surface area contributed by atoms with Gasteiger partial charge in [0.05, 0.1) is 6.10 Å². The van der Waals surface area contributed by atoms with Gasteiger partial charge in [-0.05, 0) is 18.4 Å². The Balaban J connectivity index is 1.45. The Labute approximate surface area is 137 Å². The Morgan fingerprint density at radius 1 is 1.13 bits per heavy atom. The van der Waals surface area contributed by atoms with Gasteiger partial charge in [-0.3, -0.25) is 9.69 Å². The lowest BCUT2D eigenvalue weighted by atomic mass is 9.98.